The molecule has 1 fully saturated rings. The van der Waals surface area contributed by atoms with Gasteiger partial charge >= 0.3 is 17.9 Å². The van der Waals surface area contributed by atoms with Gasteiger partial charge in [0.15, 0.2) is 24.5 Å². The minimum atomic E-state index is -1.29. The van der Waals surface area contributed by atoms with Crippen molar-refractivity contribution in [2.45, 2.75) is 37.6 Å². The van der Waals surface area contributed by atoms with Crippen LogP contribution in [0.25, 0.3) is 0 Å². The van der Waals surface area contributed by atoms with Gasteiger partial charge in [0.2, 0.25) is 0 Å². The number of anilines is 1. The Balaban J connectivity index is 1.69. The number of methoxy groups -OCH3 is 1. The maximum atomic E-state index is 13.5. The quantitative estimate of drug-likeness (QED) is 0.303. The maximum Gasteiger partial charge on any atom is 0.338 e. The van der Waals surface area contributed by atoms with Crippen LogP contribution in [0, 0.1) is 5.82 Å². The molecule has 1 unspecified atom stereocenters. The van der Waals surface area contributed by atoms with Crippen molar-refractivity contribution >= 4 is 23.6 Å². The number of esters is 3. The maximum absolute atomic E-state index is 13.5. The molecule has 0 saturated carbocycles. The first kappa shape index (κ1) is 27.7. The van der Waals surface area contributed by atoms with E-state index in [1.54, 1.807) is 67.6 Å². The van der Waals surface area contributed by atoms with E-state index < -0.39 is 54.4 Å². The van der Waals surface area contributed by atoms with Gasteiger partial charge in [0.1, 0.15) is 11.9 Å². The van der Waals surface area contributed by atoms with Crippen LogP contribution in [0.5, 0.6) is 0 Å². The third-order valence-corrected chi connectivity index (χ3v) is 5.98. The van der Waals surface area contributed by atoms with Crippen molar-refractivity contribution in [1.29, 1.82) is 0 Å². The van der Waals surface area contributed by atoms with Gasteiger partial charge in [0.05, 0.1) is 17.7 Å². The van der Waals surface area contributed by atoms with Crippen LogP contribution in [0.2, 0.25) is 0 Å². The van der Waals surface area contributed by atoms with Gasteiger partial charge in [-0.05, 0) is 55.5 Å². The van der Waals surface area contributed by atoms with E-state index in [9.17, 15) is 18.8 Å². The molecule has 0 bridgehead atoms. The van der Waals surface area contributed by atoms with Gasteiger partial charge < -0.3 is 29.0 Å². The summed E-state index contributed by atoms with van der Waals surface area (Å²) in [5, 5.41) is 2.97. The minimum absolute atomic E-state index is 0.0573. The van der Waals surface area contributed by atoms with E-state index in [0.29, 0.717) is 5.69 Å². The Labute approximate surface area is 224 Å². The molecule has 39 heavy (non-hydrogen) atoms. The van der Waals surface area contributed by atoms with Crippen LogP contribution in [-0.4, -0.2) is 62.3 Å². The van der Waals surface area contributed by atoms with Crippen LogP contribution in [-0.2, 0) is 28.5 Å². The minimum Gasteiger partial charge on any atom is -0.464 e. The second-order valence-corrected chi connectivity index (χ2v) is 8.56. The number of benzene rings is 3. The van der Waals surface area contributed by atoms with Gasteiger partial charge in [-0.1, -0.05) is 36.4 Å². The Bertz CT molecular complexity index is 1260. The van der Waals surface area contributed by atoms with Crippen LogP contribution in [0.15, 0.2) is 84.9 Å². The first-order valence-corrected chi connectivity index (χ1v) is 12.3. The highest BCUT2D eigenvalue weighted by Crippen LogP contribution is 2.32. The number of carbonyl (C=O) groups excluding carboxylic acids is 3. The molecule has 1 aliphatic rings. The second kappa shape index (κ2) is 13.0. The topological polar surface area (TPSA) is 109 Å². The van der Waals surface area contributed by atoms with Crippen LogP contribution >= 0.6 is 0 Å². The van der Waals surface area contributed by atoms with Crippen molar-refractivity contribution in [3.05, 3.63) is 102 Å². The summed E-state index contributed by atoms with van der Waals surface area (Å²) in [5.41, 5.74) is 0.879. The molecule has 5 atom stereocenters. The summed E-state index contributed by atoms with van der Waals surface area (Å²) in [6, 6.07) is 20.5. The average Bonchev–Trinajstić information content (AvgIpc) is 3.29. The SMILES string of the molecule is CCOC(=O)C(Nc1ccc(F)cc1)[C@H]1O[C@@H](OC)[C@H](OC(=O)c2ccccc2)[C@@H]1OC(=O)c1ccccc1. The molecule has 9 nitrogen and oxygen atoms in total. The van der Waals surface area contributed by atoms with E-state index in [-0.39, 0.29) is 17.7 Å². The number of rotatable bonds is 10. The molecule has 1 aliphatic heterocycles. The highest BCUT2D eigenvalue weighted by molar-refractivity contribution is 5.90. The van der Waals surface area contributed by atoms with E-state index in [4.69, 9.17) is 23.7 Å². The van der Waals surface area contributed by atoms with Crippen molar-refractivity contribution in [3.8, 4) is 0 Å². The van der Waals surface area contributed by atoms with Crippen molar-refractivity contribution in [3.63, 3.8) is 0 Å². The first-order valence-electron chi connectivity index (χ1n) is 12.3. The molecule has 204 valence electrons. The summed E-state index contributed by atoms with van der Waals surface area (Å²) in [7, 11) is 1.33. The number of halogens is 1. The Morgan fingerprint density at radius 1 is 0.846 bits per heavy atom. The molecular weight excluding hydrogens is 509 g/mol. The molecule has 3 aromatic rings. The van der Waals surface area contributed by atoms with Crippen LogP contribution in [0.1, 0.15) is 27.6 Å². The predicted molar refractivity (Wildman–Crippen MR) is 137 cm³/mol. The summed E-state index contributed by atoms with van der Waals surface area (Å²) >= 11 is 0. The molecule has 1 N–H and O–H groups in total. The smallest absolute Gasteiger partial charge is 0.338 e. The summed E-state index contributed by atoms with van der Waals surface area (Å²) in [6.45, 7) is 1.69. The Kier molecular flexibility index (Phi) is 9.24. The van der Waals surface area contributed by atoms with E-state index >= 15 is 0 Å². The normalized spacial score (nSPS) is 21.0. The molecule has 0 amide bonds. The lowest BCUT2D eigenvalue weighted by molar-refractivity contribution is -0.163. The number of carbonyl (C=O) groups is 3. The summed E-state index contributed by atoms with van der Waals surface area (Å²) < 4.78 is 41.8. The molecule has 1 saturated heterocycles. The highest BCUT2D eigenvalue weighted by Gasteiger charge is 2.55. The zero-order valence-electron chi connectivity index (χ0n) is 21.3. The van der Waals surface area contributed by atoms with Gasteiger partial charge in [-0.2, -0.15) is 0 Å². The first-order chi connectivity index (χ1) is 18.9. The van der Waals surface area contributed by atoms with Gasteiger partial charge in [-0.15, -0.1) is 0 Å². The van der Waals surface area contributed by atoms with Gasteiger partial charge in [0.25, 0.3) is 0 Å². The largest absolute Gasteiger partial charge is 0.464 e. The number of hydrogen-bond acceptors (Lipinski definition) is 9. The lowest BCUT2D eigenvalue weighted by Crippen LogP contribution is -2.50. The van der Waals surface area contributed by atoms with Crippen LogP contribution < -0.4 is 5.32 Å². The Hall–Kier alpha value is -4.28. The third-order valence-electron chi connectivity index (χ3n) is 5.98. The molecule has 0 aliphatic carbocycles. The summed E-state index contributed by atoms with van der Waals surface area (Å²) in [4.78, 5) is 39.2. The summed E-state index contributed by atoms with van der Waals surface area (Å²) in [5.74, 6) is -2.62. The molecule has 0 radical (unpaired) electrons. The zero-order valence-corrected chi connectivity index (χ0v) is 21.3. The Morgan fingerprint density at radius 3 is 1.90 bits per heavy atom. The summed E-state index contributed by atoms with van der Waals surface area (Å²) in [6.07, 6.45) is -4.95. The van der Waals surface area contributed by atoms with Gasteiger partial charge in [-0.25, -0.2) is 18.8 Å². The van der Waals surface area contributed by atoms with E-state index in [2.05, 4.69) is 5.32 Å². The lowest BCUT2D eigenvalue weighted by Gasteiger charge is -2.28. The second-order valence-electron chi connectivity index (χ2n) is 8.56. The van der Waals surface area contributed by atoms with Crippen molar-refractivity contribution in [1.82, 2.24) is 0 Å². The molecule has 0 spiro atoms. The lowest BCUT2D eigenvalue weighted by atomic mass is 10.0. The number of hydrogen-bond donors (Lipinski definition) is 1. The Morgan fingerprint density at radius 2 is 1.38 bits per heavy atom. The molecular formula is C29H28FNO8. The zero-order chi connectivity index (χ0) is 27.8. The molecule has 0 aromatic heterocycles. The number of nitrogens with one attached hydrogen (secondary N) is 1. The fraction of sp³-hybridized carbons (Fsp3) is 0.276. The van der Waals surface area contributed by atoms with Crippen molar-refractivity contribution in [2.75, 3.05) is 19.0 Å². The fourth-order valence-corrected chi connectivity index (χ4v) is 4.13. The number of ether oxygens (including phenoxy) is 5. The standard InChI is InChI=1S/C29H28FNO8/c1-3-36-28(34)22(31-21-16-14-20(30)15-17-21)23-24(37-26(32)18-10-6-4-7-11-18)25(29(35-2)39-23)38-27(33)19-12-8-5-9-13-19/h4-17,22-25,29,31H,3H2,1-2H3/t22?,23-,24-,25-,29-/m1/s1. The van der Waals surface area contributed by atoms with Crippen molar-refractivity contribution in [2.24, 2.45) is 0 Å². The molecule has 1 heterocycles. The fourth-order valence-electron chi connectivity index (χ4n) is 4.13. The van der Waals surface area contributed by atoms with Crippen LogP contribution in [0.3, 0.4) is 0 Å². The van der Waals surface area contributed by atoms with Crippen molar-refractivity contribution < 1.29 is 42.5 Å². The van der Waals surface area contributed by atoms with E-state index in [0.717, 1.165) is 0 Å². The van der Waals surface area contributed by atoms with Gasteiger partial charge in [-0.3, -0.25) is 0 Å². The van der Waals surface area contributed by atoms with Crippen LogP contribution in [0.4, 0.5) is 10.1 Å². The van der Waals surface area contributed by atoms with E-state index in [1.165, 1.54) is 31.4 Å². The highest BCUT2D eigenvalue weighted by atomic mass is 19.1. The molecule has 3 aromatic carbocycles. The van der Waals surface area contributed by atoms with E-state index in [1.807, 2.05) is 0 Å². The monoisotopic (exact) mass is 537 g/mol. The van der Waals surface area contributed by atoms with Gasteiger partial charge in [0, 0.05) is 12.8 Å². The average molecular weight is 538 g/mol. The third kappa shape index (κ3) is 6.78. The molecule has 10 heteroatoms. The predicted octanol–water partition coefficient (Wildman–Crippen LogP) is 3.99. The molecule has 4 rings (SSSR count).